The van der Waals surface area contributed by atoms with Crippen molar-refractivity contribution in [2.24, 2.45) is 5.92 Å². The van der Waals surface area contributed by atoms with E-state index in [1.165, 1.54) is 12.7 Å². The van der Waals surface area contributed by atoms with E-state index in [1.54, 1.807) is 16.8 Å². The average molecular weight is 641 g/mol. The van der Waals surface area contributed by atoms with Gasteiger partial charge in [-0.3, -0.25) is 27.9 Å². The van der Waals surface area contributed by atoms with E-state index in [-0.39, 0.29) is 42.0 Å². The summed E-state index contributed by atoms with van der Waals surface area (Å²) in [5, 5.41) is 0.621. The van der Waals surface area contributed by atoms with Crippen molar-refractivity contribution < 1.29 is 42.1 Å². The summed E-state index contributed by atoms with van der Waals surface area (Å²) in [6.45, 7) is -0.708. The Morgan fingerprint density at radius 3 is 2.65 bits per heavy atom. The number of nitrogens with one attached hydrogen (secondary N) is 1. The van der Waals surface area contributed by atoms with Gasteiger partial charge in [-0.05, 0) is 31.7 Å². The molecule has 1 aliphatic heterocycles. The molecule has 6 atom stereocenters. The predicted molar refractivity (Wildman–Crippen MR) is 148 cm³/mol. The molecule has 19 nitrogen and oxygen atoms in total. The van der Waals surface area contributed by atoms with Crippen LogP contribution in [-0.4, -0.2) is 74.2 Å². The van der Waals surface area contributed by atoms with Gasteiger partial charge in [-0.1, -0.05) is 0 Å². The highest BCUT2D eigenvalue weighted by molar-refractivity contribution is 7.47. The summed E-state index contributed by atoms with van der Waals surface area (Å²) < 4.78 is 49.3. The van der Waals surface area contributed by atoms with Gasteiger partial charge >= 0.3 is 15.6 Å². The van der Waals surface area contributed by atoms with Crippen LogP contribution in [0.3, 0.4) is 0 Å². The van der Waals surface area contributed by atoms with Crippen LogP contribution in [-0.2, 0) is 27.4 Å². The van der Waals surface area contributed by atoms with Crippen LogP contribution >= 0.6 is 15.6 Å². The number of aromatic nitrogens is 7. The maximum atomic E-state index is 13.0. The number of phosphoric acid groups is 2. The average Bonchev–Trinajstić information content (AvgIpc) is 3.71. The second kappa shape index (κ2) is 11.4. The van der Waals surface area contributed by atoms with Crippen LogP contribution in [0.1, 0.15) is 38.0 Å². The van der Waals surface area contributed by atoms with Gasteiger partial charge in [0, 0.05) is 18.2 Å². The molecule has 1 saturated carbocycles. The third kappa shape index (κ3) is 6.35. The highest BCUT2D eigenvalue weighted by Gasteiger charge is 2.42. The quantitative estimate of drug-likeness (QED) is 0.132. The SMILES string of the molecule is Nc1nc2c(ncn2[C@H]2CC[C@@H](COP(=O)(O)OC3C[C@H](n4ccc5c(N)ncnc54)C[C@@H]3COP(=O)(O)O)O2)c(=O)[nH]1. The summed E-state index contributed by atoms with van der Waals surface area (Å²) in [6.07, 6.45) is 3.80. The summed E-state index contributed by atoms with van der Waals surface area (Å²) in [7, 11) is -9.48. The van der Waals surface area contributed by atoms with E-state index >= 15 is 0 Å². The molecule has 2 aliphatic rings. The number of phosphoric ester groups is 2. The van der Waals surface area contributed by atoms with Crippen molar-refractivity contribution in [2.45, 2.75) is 50.2 Å². The number of aromatic amines is 1. The number of hydrogen-bond acceptors (Lipinski definition) is 13. The Hall–Kier alpha value is -3.25. The Labute approximate surface area is 242 Å². The minimum absolute atomic E-state index is 0.0727. The maximum Gasteiger partial charge on any atom is 0.472 e. The molecule has 21 heteroatoms. The number of ether oxygens (including phenoxy) is 1. The molecule has 5 heterocycles. The van der Waals surface area contributed by atoms with Gasteiger partial charge in [0.25, 0.3) is 5.56 Å². The third-order valence-corrected chi connectivity index (χ3v) is 9.03. The summed E-state index contributed by atoms with van der Waals surface area (Å²) in [6, 6.07) is 1.42. The Morgan fingerprint density at radius 2 is 1.86 bits per heavy atom. The van der Waals surface area contributed by atoms with Crippen LogP contribution < -0.4 is 17.0 Å². The molecule has 0 spiro atoms. The van der Waals surface area contributed by atoms with Crippen molar-refractivity contribution in [1.29, 1.82) is 0 Å². The van der Waals surface area contributed by atoms with Gasteiger partial charge in [0.15, 0.2) is 11.2 Å². The molecule has 4 aromatic heterocycles. The first-order valence-corrected chi connectivity index (χ1v) is 16.2. The normalized spacial score (nSPS) is 26.0. The second-order valence-corrected chi connectivity index (χ2v) is 13.0. The van der Waals surface area contributed by atoms with Crippen molar-refractivity contribution in [3.63, 3.8) is 0 Å². The molecule has 6 rings (SSSR count). The fourth-order valence-electron chi connectivity index (χ4n) is 5.61. The van der Waals surface area contributed by atoms with E-state index < -0.39 is 52.2 Å². The topological polar surface area (TPSA) is 278 Å². The number of fused-ring (bicyclic) bond motifs is 2. The molecule has 2 fully saturated rings. The number of rotatable bonds is 10. The molecule has 232 valence electrons. The van der Waals surface area contributed by atoms with Crippen molar-refractivity contribution in [2.75, 3.05) is 24.7 Å². The third-order valence-electron chi connectivity index (χ3n) is 7.53. The van der Waals surface area contributed by atoms with Gasteiger partial charge < -0.3 is 35.5 Å². The zero-order chi connectivity index (χ0) is 30.5. The van der Waals surface area contributed by atoms with E-state index in [2.05, 4.69) is 24.9 Å². The molecular weight excluding hydrogens is 612 g/mol. The molecule has 0 radical (unpaired) electrons. The molecular formula is C22H29N9O10P2. The molecule has 1 aliphatic carbocycles. The lowest BCUT2D eigenvalue weighted by atomic mass is 10.1. The molecule has 43 heavy (non-hydrogen) atoms. The van der Waals surface area contributed by atoms with Crippen LogP contribution in [0.5, 0.6) is 0 Å². The number of imidazole rings is 1. The number of nitrogens with zero attached hydrogens (tertiary/aromatic N) is 6. The van der Waals surface area contributed by atoms with Crippen LogP contribution in [0.15, 0.2) is 29.7 Å². The number of H-pyrrole nitrogens is 1. The smallest absolute Gasteiger partial charge is 0.383 e. The first kappa shape index (κ1) is 29.8. The van der Waals surface area contributed by atoms with Crippen molar-refractivity contribution in [3.05, 3.63) is 35.3 Å². The molecule has 2 unspecified atom stereocenters. The van der Waals surface area contributed by atoms with E-state index in [9.17, 15) is 28.6 Å². The first-order chi connectivity index (χ1) is 20.4. The van der Waals surface area contributed by atoms with Crippen molar-refractivity contribution in [3.8, 4) is 0 Å². The summed E-state index contributed by atoms with van der Waals surface area (Å²) >= 11 is 0. The summed E-state index contributed by atoms with van der Waals surface area (Å²) in [5.41, 5.74) is 12.0. The zero-order valence-corrected chi connectivity index (χ0v) is 24.2. The zero-order valence-electron chi connectivity index (χ0n) is 22.4. The molecule has 8 N–H and O–H groups in total. The van der Waals surface area contributed by atoms with Gasteiger partial charge in [-0.2, -0.15) is 4.98 Å². The Kier molecular flexibility index (Phi) is 7.87. The molecule has 0 amide bonds. The highest BCUT2D eigenvalue weighted by Crippen LogP contribution is 2.52. The van der Waals surface area contributed by atoms with Gasteiger partial charge in [-0.25, -0.2) is 24.1 Å². The van der Waals surface area contributed by atoms with Crippen LogP contribution in [0, 0.1) is 5.92 Å². The standard InChI is InChI=1S/C22H29N9O10P2/c23-18-14-3-4-30(19(14)26-9-25-18)12-5-11(7-38-42(33,34)35)15(6-12)41-43(36,37)39-8-13-1-2-16(40-13)31-10-27-17-20(31)28-22(24)29-21(17)32/h3-4,9-13,15-16H,1-2,5-8H2,(H,36,37)(H2,23,25,26)(H2,33,34,35)(H3,24,28,29,32)/t11-,12-,13+,15?,16-/m1/s1. The van der Waals surface area contributed by atoms with E-state index in [4.69, 9.17) is 29.8 Å². The number of hydrogen-bond donors (Lipinski definition) is 6. The lowest BCUT2D eigenvalue weighted by Crippen LogP contribution is -2.23. The molecule has 0 bridgehead atoms. The van der Waals surface area contributed by atoms with Gasteiger partial charge in [-0.15, -0.1) is 0 Å². The monoisotopic (exact) mass is 641 g/mol. The Morgan fingerprint density at radius 1 is 1.05 bits per heavy atom. The van der Waals surface area contributed by atoms with E-state index in [1.807, 2.05) is 4.57 Å². The number of anilines is 2. The lowest BCUT2D eigenvalue weighted by molar-refractivity contribution is -0.0261. The van der Waals surface area contributed by atoms with Gasteiger partial charge in [0.05, 0.1) is 37.1 Å². The molecule has 4 aromatic rings. The highest BCUT2D eigenvalue weighted by atomic mass is 31.2. The van der Waals surface area contributed by atoms with Crippen molar-refractivity contribution >= 4 is 49.6 Å². The molecule has 1 saturated heterocycles. The largest absolute Gasteiger partial charge is 0.472 e. The summed E-state index contributed by atoms with van der Waals surface area (Å²) in [5.74, 6) is -0.449. The Balaban J connectivity index is 1.11. The first-order valence-electron chi connectivity index (χ1n) is 13.2. The number of nitrogen functional groups attached to an aromatic ring is 2. The fourth-order valence-corrected chi connectivity index (χ4v) is 7.02. The van der Waals surface area contributed by atoms with Gasteiger partial charge in [0.2, 0.25) is 5.95 Å². The molecule has 0 aromatic carbocycles. The van der Waals surface area contributed by atoms with Crippen LogP contribution in [0.2, 0.25) is 0 Å². The minimum Gasteiger partial charge on any atom is -0.383 e. The van der Waals surface area contributed by atoms with Crippen LogP contribution in [0.4, 0.5) is 11.8 Å². The summed E-state index contributed by atoms with van der Waals surface area (Å²) in [4.78, 5) is 60.0. The lowest BCUT2D eigenvalue weighted by Gasteiger charge is -2.23. The Bertz CT molecular complexity index is 1800. The van der Waals surface area contributed by atoms with Crippen molar-refractivity contribution in [1.82, 2.24) is 34.1 Å². The van der Waals surface area contributed by atoms with Crippen LogP contribution in [0.25, 0.3) is 22.2 Å². The predicted octanol–water partition coefficient (Wildman–Crippen LogP) is 0.969. The maximum absolute atomic E-state index is 13.0. The number of nitrogens with two attached hydrogens (primary N) is 2. The fraction of sp³-hybridized carbons (Fsp3) is 0.500. The van der Waals surface area contributed by atoms with E-state index in [0.29, 0.717) is 30.3 Å². The minimum atomic E-state index is -4.81. The second-order valence-electron chi connectivity index (χ2n) is 10.4. The van der Waals surface area contributed by atoms with E-state index in [0.717, 1.165) is 0 Å². The van der Waals surface area contributed by atoms with Gasteiger partial charge in [0.1, 0.15) is 24.0 Å².